The van der Waals surface area contributed by atoms with E-state index in [0.29, 0.717) is 10.7 Å². The van der Waals surface area contributed by atoms with Crippen LogP contribution in [0.3, 0.4) is 0 Å². The molecule has 0 radical (unpaired) electrons. The molecule has 0 fully saturated rings. The molecule has 0 saturated carbocycles. The lowest BCUT2D eigenvalue weighted by molar-refractivity contribution is 0.102. The number of urea groups is 1. The van der Waals surface area contributed by atoms with Gasteiger partial charge in [0.2, 0.25) is 0 Å². The number of para-hydroxylation sites is 1. The predicted octanol–water partition coefficient (Wildman–Crippen LogP) is 8.36. The van der Waals surface area contributed by atoms with Crippen molar-refractivity contribution in [2.75, 3.05) is 16.0 Å². The van der Waals surface area contributed by atoms with Gasteiger partial charge in [-0.2, -0.15) is 0 Å². The summed E-state index contributed by atoms with van der Waals surface area (Å²) in [4.78, 5) is 30.5. The second-order valence-corrected chi connectivity index (χ2v) is 11.2. The van der Waals surface area contributed by atoms with E-state index in [4.69, 9.17) is 0 Å². The number of fused-ring (bicyclic) bond motifs is 1. The Morgan fingerprint density at radius 3 is 2.00 bits per heavy atom. The Labute approximate surface area is 222 Å². The van der Waals surface area contributed by atoms with E-state index in [1.54, 1.807) is 6.07 Å². The number of carbonyl (C=O) groups is 2. The molecular formula is C30H34N4O2S. The Bertz CT molecular complexity index is 1440. The summed E-state index contributed by atoms with van der Waals surface area (Å²) in [6, 6.07) is 15.3. The summed E-state index contributed by atoms with van der Waals surface area (Å²) < 4.78 is 0.825. The molecule has 4 aromatic rings. The van der Waals surface area contributed by atoms with Crippen LogP contribution in [0.15, 0.2) is 48.5 Å². The number of nitrogens with one attached hydrogen (secondary N) is 3. The number of benzene rings is 3. The number of hydrogen-bond donors (Lipinski definition) is 3. The lowest BCUT2D eigenvalue weighted by atomic mass is 9.93. The van der Waals surface area contributed by atoms with Gasteiger partial charge in [-0.25, -0.2) is 9.78 Å². The molecule has 0 spiro atoms. The number of nitrogens with zero attached hydrogens (tertiary/aromatic N) is 1. The maximum Gasteiger partial charge on any atom is 0.325 e. The van der Waals surface area contributed by atoms with E-state index in [2.05, 4.69) is 72.9 Å². The molecule has 4 rings (SSSR count). The van der Waals surface area contributed by atoms with Crippen LogP contribution in [0, 0.1) is 20.8 Å². The average Bonchev–Trinajstić information content (AvgIpc) is 3.22. The molecular weight excluding hydrogens is 480 g/mol. The maximum absolute atomic E-state index is 13.0. The Morgan fingerprint density at radius 1 is 0.784 bits per heavy atom. The van der Waals surface area contributed by atoms with Crippen molar-refractivity contribution < 1.29 is 9.59 Å². The molecule has 1 heterocycles. The van der Waals surface area contributed by atoms with Crippen molar-refractivity contribution in [3.05, 3.63) is 81.9 Å². The van der Waals surface area contributed by atoms with Gasteiger partial charge in [-0.15, -0.1) is 0 Å². The predicted molar refractivity (Wildman–Crippen MR) is 155 cm³/mol. The van der Waals surface area contributed by atoms with Gasteiger partial charge >= 0.3 is 6.03 Å². The molecule has 0 aliphatic heterocycles. The number of rotatable bonds is 6. The summed E-state index contributed by atoms with van der Waals surface area (Å²) in [5, 5.41) is 9.46. The van der Waals surface area contributed by atoms with Gasteiger partial charge in [-0.3, -0.25) is 10.1 Å². The first kappa shape index (κ1) is 26.4. The number of amides is 3. The average molecular weight is 515 g/mol. The van der Waals surface area contributed by atoms with E-state index >= 15 is 0 Å². The van der Waals surface area contributed by atoms with Crippen LogP contribution in [0.1, 0.15) is 77.7 Å². The zero-order valence-electron chi connectivity index (χ0n) is 22.4. The van der Waals surface area contributed by atoms with Crippen LogP contribution in [0.25, 0.3) is 10.2 Å². The van der Waals surface area contributed by atoms with E-state index in [9.17, 15) is 9.59 Å². The smallest absolute Gasteiger partial charge is 0.322 e. The molecule has 1 aromatic heterocycles. The van der Waals surface area contributed by atoms with Crippen LogP contribution in [0.5, 0.6) is 0 Å². The highest BCUT2D eigenvalue weighted by Crippen LogP contribution is 2.33. The number of aromatic nitrogens is 1. The summed E-state index contributed by atoms with van der Waals surface area (Å²) in [5.41, 5.74) is 8.37. The number of aryl methyl sites for hydroxylation is 3. The van der Waals surface area contributed by atoms with Crippen LogP contribution in [0.4, 0.5) is 21.3 Å². The standard InChI is InChI=1S/C30H34N4O2S/c1-16(2)22-9-8-10-23(17(3)4)27(22)33-29(36)34-30-31-24-12-11-21(15-25(24)37-30)28(35)32-26-19(6)13-18(5)14-20(26)7/h8-17H,1-7H3,(H,32,35)(H2,31,33,34,36). The van der Waals surface area contributed by atoms with Crippen molar-refractivity contribution in [2.24, 2.45) is 0 Å². The summed E-state index contributed by atoms with van der Waals surface area (Å²) >= 11 is 1.34. The second kappa shape index (κ2) is 10.7. The van der Waals surface area contributed by atoms with E-state index in [0.717, 1.165) is 49.4 Å². The number of hydrogen-bond acceptors (Lipinski definition) is 4. The lowest BCUT2D eigenvalue weighted by Gasteiger charge is -2.20. The minimum atomic E-state index is -0.336. The van der Waals surface area contributed by atoms with E-state index in [-0.39, 0.29) is 23.8 Å². The molecule has 0 bridgehead atoms. The molecule has 0 unspecified atom stereocenters. The van der Waals surface area contributed by atoms with Gasteiger partial charge in [0, 0.05) is 16.9 Å². The normalized spacial score (nSPS) is 11.3. The third-order valence-corrected chi connectivity index (χ3v) is 7.33. The third kappa shape index (κ3) is 5.83. The Balaban J connectivity index is 1.52. The molecule has 192 valence electrons. The summed E-state index contributed by atoms with van der Waals surface area (Å²) in [6.07, 6.45) is 0. The Morgan fingerprint density at radius 2 is 1.41 bits per heavy atom. The van der Waals surface area contributed by atoms with E-state index in [1.807, 2.05) is 39.0 Å². The first-order chi connectivity index (χ1) is 17.5. The van der Waals surface area contributed by atoms with E-state index in [1.165, 1.54) is 11.3 Å². The second-order valence-electron chi connectivity index (χ2n) is 10.1. The van der Waals surface area contributed by atoms with Crippen molar-refractivity contribution in [1.82, 2.24) is 4.98 Å². The fourth-order valence-corrected chi connectivity index (χ4v) is 5.52. The van der Waals surface area contributed by atoms with E-state index < -0.39 is 0 Å². The van der Waals surface area contributed by atoms with Crippen LogP contribution < -0.4 is 16.0 Å². The fourth-order valence-electron chi connectivity index (χ4n) is 4.62. The van der Waals surface area contributed by atoms with Gasteiger partial charge in [0.1, 0.15) is 0 Å². The minimum absolute atomic E-state index is 0.177. The molecule has 37 heavy (non-hydrogen) atoms. The molecule has 6 nitrogen and oxygen atoms in total. The summed E-state index contributed by atoms with van der Waals surface area (Å²) in [5.74, 6) is 0.367. The summed E-state index contributed by atoms with van der Waals surface area (Å²) in [7, 11) is 0. The third-order valence-electron chi connectivity index (χ3n) is 6.40. The molecule has 0 atom stereocenters. The zero-order valence-corrected chi connectivity index (χ0v) is 23.3. The molecule has 0 aliphatic rings. The number of anilines is 3. The van der Waals surface area contributed by atoms with Crippen molar-refractivity contribution in [3.63, 3.8) is 0 Å². The van der Waals surface area contributed by atoms with Gasteiger partial charge in [-0.1, -0.05) is 74.9 Å². The number of thiazole rings is 1. The topological polar surface area (TPSA) is 83.1 Å². The molecule has 7 heteroatoms. The van der Waals surface area contributed by atoms with Crippen molar-refractivity contribution in [2.45, 2.75) is 60.3 Å². The first-order valence-corrected chi connectivity index (χ1v) is 13.4. The minimum Gasteiger partial charge on any atom is -0.322 e. The van der Waals surface area contributed by atoms with Crippen LogP contribution >= 0.6 is 11.3 Å². The molecule has 3 aromatic carbocycles. The molecule has 0 saturated heterocycles. The van der Waals surface area contributed by atoms with Crippen molar-refractivity contribution >= 4 is 50.0 Å². The first-order valence-electron chi connectivity index (χ1n) is 12.5. The molecule has 0 aliphatic carbocycles. The number of carbonyl (C=O) groups excluding carboxylic acids is 2. The van der Waals surface area contributed by atoms with Crippen LogP contribution in [-0.2, 0) is 0 Å². The maximum atomic E-state index is 13.0. The van der Waals surface area contributed by atoms with Crippen LogP contribution in [-0.4, -0.2) is 16.9 Å². The fraction of sp³-hybridized carbons (Fsp3) is 0.300. The highest BCUT2D eigenvalue weighted by molar-refractivity contribution is 7.22. The van der Waals surface area contributed by atoms with Crippen LogP contribution in [0.2, 0.25) is 0 Å². The highest BCUT2D eigenvalue weighted by atomic mass is 32.1. The van der Waals surface area contributed by atoms with Crippen molar-refractivity contribution in [1.29, 1.82) is 0 Å². The zero-order chi connectivity index (χ0) is 26.9. The van der Waals surface area contributed by atoms with Gasteiger partial charge < -0.3 is 10.6 Å². The van der Waals surface area contributed by atoms with Gasteiger partial charge in [0.05, 0.1) is 10.2 Å². The lowest BCUT2D eigenvalue weighted by Crippen LogP contribution is -2.21. The molecule has 3 N–H and O–H groups in total. The Hall–Kier alpha value is -3.71. The quantitative estimate of drug-likeness (QED) is 0.242. The largest absolute Gasteiger partial charge is 0.325 e. The summed E-state index contributed by atoms with van der Waals surface area (Å²) in [6.45, 7) is 14.5. The van der Waals surface area contributed by atoms with Gasteiger partial charge in [-0.05, 0) is 73.1 Å². The SMILES string of the molecule is Cc1cc(C)c(NC(=O)c2ccc3nc(NC(=O)Nc4c(C(C)C)cccc4C(C)C)sc3c2)c(C)c1. The Kier molecular flexibility index (Phi) is 7.64. The monoisotopic (exact) mass is 514 g/mol. The highest BCUT2D eigenvalue weighted by Gasteiger charge is 2.18. The van der Waals surface area contributed by atoms with Crippen molar-refractivity contribution in [3.8, 4) is 0 Å². The van der Waals surface area contributed by atoms with Gasteiger partial charge in [0.15, 0.2) is 5.13 Å². The molecule has 3 amide bonds. The van der Waals surface area contributed by atoms with Gasteiger partial charge in [0.25, 0.3) is 5.91 Å².